The topological polar surface area (TPSA) is 27.1 Å². The van der Waals surface area contributed by atoms with E-state index in [1.54, 1.807) is 6.20 Å². The van der Waals surface area contributed by atoms with E-state index < -0.39 is 0 Å². The van der Waals surface area contributed by atoms with Gasteiger partial charge in [-0.25, -0.2) is 4.68 Å². The van der Waals surface area contributed by atoms with E-state index in [9.17, 15) is 4.39 Å². The molecule has 0 radical (unpaired) electrons. The van der Waals surface area contributed by atoms with Crippen molar-refractivity contribution >= 4 is 22.6 Å². The number of rotatable bonds is 1. The van der Waals surface area contributed by atoms with Crippen LogP contribution in [0.15, 0.2) is 6.20 Å². The zero-order valence-corrected chi connectivity index (χ0v) is 9.20. The van der Waals surface area contributed by atoms with Gasteiger partial charge >= 0.3 is 0 Å². The van der Waals surface area contributed by atoms with Crippen LogP contribution in [0.25, 0.3) is 0 Å². The van der Waals surface area contributed by atoms with Gasteiger partial charge in [0.05, 0.1) is 22.4 Å². The summed E-state index contributed by atoms with van der Waals surface area (Å²) in [5, 5.41) is 3.99. The van der Waals surface area contributed by atoms with E-state index >= 15 is 0 Å². The average molecular weight is 296 g/mol. The van der Waals surface area contributed by atoms with E-state index in [0.717, 1.165) is 19.4 Å². The molecule has 5 heteroatoms. The van der Waals surface area contributed by atoms with Crippen molar-refractivity contribution < 1.29 is 9.13 Å². The van der Waals surface area contributed by atoms with Gasteiger partial charge in [-0.1, -0.05) is 0 Å². The molecule has 13 heavy (non-hydrogen) atoms. The monoisotopic (exact) mass is 296 g/mol. The maximum Gasteiger partial charge on any atom is 0.225 e. The Kier molecular flexibility index (Phi) is 2.83. The summed E-state index contributed by atoms with van der Waals surface area (Å²) in [5.41, 5.74) is 0. The minimum Gasteiger partial charge on any atom is -0.379 e. The molecule has 1 atom stereocenters. The molecule has 0 spiro atoms. The molecular weight excluding hydrogens is 286 g/mol. The largest absolute Gasteiger partial charge is 0.379 e. The average Bonchev–Trinajstić information content (AvgIpc) is 2.49. The summed E-state index contributed by atoms with van der Waals surface area (Å²) in [7, 11) is 0. The van der Waals surface area contributed by atoms with Crippen molar-refractivity contribution in [3.05, 3.63) is 15.7 Å². The van der Waals surface area contributed by atoms with Gasteiger partial charge < -0.3 is 4.74 Å². The van der Waals surface area contributed by atoms with E-state index in [4.69, 9.17) is 4.74 Å². The van der Waals surface area contributed by atoms with Crippen LogP contribution in [0, 0.1) is 9.52 Å². The summed E-state index contributed by atoms with van der Waals surface area (Å²) in [6, 6.07) is 0.0808. The molecule has 3 nitrogen and oxygen atoms in total. The van der Waals surface area contributed by atoms with Crippen molar-refractivity contribution in [3.8, 4) is 0 Å². The zero-order chi connectivity index (χ0) is 9.26. The zero-order valence-electron chi connectivity index (χ0n) is 7.04. The fourth-order valence-corrected chi connectivity index (χ4v) is 1.87. The highest BCUT2D eigenvalue weighted by Gasteiger charge is 2.20. The predicted molar refractivity (Wildman–Crippen MR) is 54.0 cm³/mol. The third-order valence-corrected chi connectivity index (χ3v) is 2.90. The quantitative estimate of drug-likeness (QED) is 0.741. The molecular formula is C8H10FIN2O. The molecule has 1 aromatic rings. The molecule has 2 rings (SSSR count). The standard InChI is InChI=1S/C8H10FIN2O/c9-8-7(10)4-11-12(8)6-2-1-3-13-5-6/h4,6H,1-3,5H2. The Labute approximate surface area is 89.4 Å². The van der Waals surface area contributed by atoms with Crippen molar-refractivity contribution in [2.24, 2.45) is 0 Å². The molecule has 0 bridgehead atoms. The molecule has 1 aliphatic rings. The maximum atomic E-state index is 13.4. The first-order valence-electron chi connectivity index (χ1n) is 4.25. The van der Waals surface area contributed by atoms with Gasteiger partial charge in [-0.15, -0.1) is 0 Å². The van der Waals surface area contributed by atoms with Crippen LogP contribution in [0.4, 0.5) is 4.39 Å². The van der Waals surface area contributed by atoms with Gasteiger partial charge in [0.2, 0.25) is 5.95 Å². The summed E-state index contributed by atoms with van der Waals surface area (Å²) in [6.07, 6.45) is 3.49. The van der Waals surface area contributed by atoms with Gasteiger partial charge in [0.15, 0.2) is 0 Å². The number of hydrogen-bond donors (Lipinski definition) is 0. The highest BCUT2D eigenvalue weighted by atomic mass is 127. The van der Waals surface area contributed by atoms with E-state index in [0.29, 0.717) is 10.2 Å². The van der Waals surface area contributed by atoms with Crippen LogP contribution in [0.1, 0.15) is 18.9 Å². The minimum absolute atomic E-state index is 0.0808. The Morgan fingerprint density at radius 2 is 2.54 bits per heavy atom. The second-order valence-electron chi connectivity index (χ2n) is 3.10. The molecule has 1 aliphatic heterocycles. The second-order valence-corrected chi connectivity index (χ2v) is 4.26. The number of aromatic nitrogens is 2. The summed E-state index contributed by atoms with van der Waals surface area (Å²) < 4.78 is 20.7. The maximum absolute atomic E-state index is 13.4. The van der Waals surface area contributed by atoms with E-state index in [1.165, 1.54) is 4.68 Å². The lowest BCUT2D eigenvalue weighted by atomic mass is 10.1. The molecule has 2 heterocycles. The number of nitrogens with zero attached hydrogens (tertiary/aromatic N) is 2. The first-order chi connectivity index (χ1) is 6.29. The van der Waals surface area contributed by atoms with Crippen LogP contribution in [0.2, 0.25) is 0 Å². The lowest BCUT2D eigenvalue weighted by Gasteiger charge is -2.22. The lowest BCUT2D eigenvalue weighted by molar-refractivity contribution is 0.0504. The van der Waals surface area contributed by atoms with Crippen molar-refractivity contribution in [3.63, 3.8) is 0 Å². The molecule has 0 saturated carbocycles. The molecule has 1 unspecified atom stereocenters. The Hall–Kier alpha value is -0.170. The van der Waals surface area contributed by atoms with Gasteiger partial charge in [-0.3, -0.25) is 0 Å². The van der Waals surface area contributed by atoms with E-state index in [2.05, 4.69) is 5.10 Å². The SMILES string of the molecule is Fc1c(I)cnn1C1CCCOC1. The van der Waals surface area contributed by atoms with Crippen LogP contribution in [0.3, 0.4) is 0 Å². The van der Waals surface area contributed by atoms with Crippen molar-refractivity contribution in [2.75, 3.05) is 13.2 Å². The minimum atomic E-state index is -0.240. The molecule has 0 aromatic carbocycles. The van der Waals surface area contributed by atoms with Gasteiger partial charge in [0.25, 0.3) is 0 Å². The summed E-state index contributed by atoms with van der Waals surface area (Å²) in [4.78, 5) is 0. The number of ether oxygens (including phenoxy) is 1. The highest BCUT2D eigenvalue weighted by Crippen LogP contribution is 2.21. The normalized spacial score (nSPS) is 23.4. The van der Waals surface area contributed by atoms with Gasteiger partial charge in [0, 0.05) is 6.61 Å². The van der Waals surface area contributed by atoms with Crippen molar-refractivity contribution in [2.45, 2.75) is 18.9 Å². The molecule has 0 amide bonds. The number of hydrogen-bond acceptors (Lipinski definition) is 2. The fourth-order valence-electron chi connectivity index (χ4n) is 1.50. The smallest absolute Gasteiger partial charge is 0.225 e. The fraction of sp³-hybridized carbons (Fsp3) is 0.625. The summed E-state index contributed by atoms with van der Waals surface area (Å²) in [5.74, 6) is -0.240. The molecule has 1 aromatic heterocycles. The highest BCUT2D eigenvalue weighted by molar-refractivity contribution is 14.1. The van der Waals surface area contributed by atoms with Crippen LogP contribution in [-0.2, 0) is 4.74 Å². The van der Waals surface area contributed by atoms with Gasteiger partial charge in [0.1, 0.15) is 0 Å². The van der Waals surface area contributed by atoms with Crippen LogP contribution >= 0.6 is 22.6 Å². The third-order valence-electron chi connectivity index (χ3n) is 2.18. The van der Waals surface area contributed by atoms with Crippen molar-refractivity contribution in [1.82, 2.24) is 9.78 Å². The Morgan fingerprint density at radius 3 is 3.08 bits per heavy atom. The predicted octanol–water partition coefficient (Wildman–Crippen LogP) is 1.98. The van der Waals surface area contributed by atoms with E-state index in [1.807, 2.05) is 22.6 Å². The molecule has 72 valence electrons. The third kappa shape index (κ3) is 1.85. The summed E-state index contributed by atoms with van der Waals surface area (Å²) >= 11 is 1.94. The van der Waals surface area contributed by atoms with E-state index in [-0.39, 0.29) is 12.0 Å². The number of halogens is 2. The Bertz CT molecular complexity index is 296. The Morgan fingerprint density at radius 1 is 1.69 bits per heavy atom. The Balaban J connectivity index is 2.18. The molecule has 0 aliphatic carbocycles. The first-order valence-corrected chi connectivity index (χ1v) is 5.33. The summed E-state index contributed by atoms with van der Waals surface area (Å²) in [6.45, 7) is 1.37. The molecule has 1 fully saturated rings. The van der Waals surface area contributed by atoms with Crippen LogP contribution in [0.5, 0.6) is 0 Å². The first kappa shape index (κ1) is 9.39. The molecule has 1 saturated heterocycles. The van der Waals surface area contributed by atoms with Gasteiger partial charge in [-0.05, 0) is 35.4 Å². The molecule has 0 N–H and O–H groups in total. The second kappa shape index (κ2) is 3.91. The van der Waals surface area contributed by atoms with Gasteiger partial charge in [-0.2, -0.15) is 9.49 Å². The van der Waals surface area contributed by atoms with Crippen LogP contribution < -0.4 is 0 Å². The van der Waals surface area contributed by atoms with Crippen molar-refractivity contribution in [1.29, 1.82) is 0 Å². The van der Waals surface area contributed by atoms with Crippen LogP contribution in [-0.4, -0.2) is 23.0 Å². The lowest BCUT2D eigenvalue weighted by Crippen LogP contribution is -2.23.